The van der Waals surface area contributed by atoms with E-state index in [4.69, 9.17) is 21.6 Å². The fourth-order valence-electron chi connectivity index (χ4n) is 3.03. The number of rotatable bonds is 7. The first-order valence-electron chi connectivity index (χ1n) is 10.0. The standard InChI is InChI=1S/C23H23ClN6S/c1-14(2)27-23-26-13-21(31-23)20-11-19(17-9-4-5-10-18(17)24)29-22(30-20)25-12-16-8-6-7-15(3)28-16/h4-11,13-14H,12H2,1-3H3,(H,26,27)(H,25,29,30). The Hall–Kier alpha value is -3.03. The lowest BCUT2D eigenvalue weighted by atomic mass is 10.1. The van der Waals surface area contributed by atoms with Crippen LogP contribution < -0.4 is 10.6 Å². The average Bonchev–Trinajstić information content (AvgIpc) is 3.20. The van der Waals surface area contributed by atoms with Crippen molar-refractivity contribution in [2.75, 3.05) is 10.6 Å². The minimum Gasteiger partial charge on any atom is -0.359 e. The third-order valence-electron chi connectivity index (χ3n) is 4.42. The fraction of sp³-hybridized carbons (Fsp3) is 0.217. The predicted octanol–water partition coefficient (Wildman–Crippen LogP) is 6.06. The van der Waals surface area contributed by atoms with Crippen molar-refractivity contribution < 1.29 is 0 Å². The van der Waals surface area contributed by atoms with Crippen LogP contribution in [0.25, 0.3) is 21.8 Å². The van der Waals surface area contributed by atoms with Gasteiger partial charge in [0.25, 0.3) is 0 Å². The molecule has 0 amide bonds. The summed E-state index contributed by atoms with van der Waals surface area (Å²) in [5.74, 6) is 0.516. The summed E-state index contributed by atoms with van der Waals surface area (Å²) in [5, 5.41) is 8.15. The van der Waals surface area contributed by atoms with E-state index in [2.05, 4.69) is 34.4 Å². The van der Waals surface area contributed by atoms with Gasteiger partial charge in [0.1, 0.15) is 0 Å². The maximum Gasteiger partial charge on any atom is 0.224 e. The predicted molar refractivity (Wildman–Crippen MR) is 129 cm³/mol. The van der Waals surface area contributed by atoms with Crippen molar-refractivity contribution >= 4 is 34.0 Å². The minimum atomic E-state index is 0.308. The molecule has 158 valence electrons. The SMILES string of the molecule is Cc1cccc(CNc2nc(-c3cnc(NC(C)C)s3)cc(-c3ccccc3Cl)n2)n1. The van der Waals surface area contributed by atoms with Crippen molar-refractivity contribution in [3.05, 3.63) is 71.1 Å². The van der Waals surface area contributed by atoms with Gasteiger partial charge in [-0.1, -0.05) is 47.2 Å². The van der Waals surface area contributed by atoms with E-state index >= 15 is 0 Å². The van der Waals surface area contributed by atoms with E-state index in [0.717, 1.165) is 38.3 Å². The van der Waals surface area contributed by atoms with Gasteiger partial charge in [0.05, 0.1) is 28.5 Å². The van der Waals surface area contributed by atoms with Gasteiger partial charge in [0.15, 0.2) is 5.13 Å². The Morgan fingerprint density at radius 3 is 2.58 bits per heavy atom. The first-order chi connectivity index (χ1) is 15.0. The van der Waals surface area contributed by atoms with Gasteiger partial charge in [-0.3, -0.25) is 4.98 Å². The number of nitrogens with one attached hydrogen (secondary N) is 2. The van der Waals surface area contributed by atoms with E-state index in [1.54, 1.807) is 11.3 Å². The Balaban J connectivity index is 1.70. The topological polar surface area (TPSA) is 75.6 Å². The zero-order valence-electron chi connectivity index (χ0n) is 17.6. The maximum absolute atomic E-state index is 6.45. The lowest BCUT2D eigenvalue weighted by Crippen LogP contribution is -2.08. The molecule has 4 rings (SSSR count). The number of benzene rings is 1. The summed E-state index contributed by atoms with van der Waals surface area (Å²) < 4.78 is 0. The zero-order chi connectivity index (χ0) is 21.8. The van der Waals surface area contributed by atoms with Crippen LogP contribution in [0.1, 0.15) is 25.2 Å². The molecule has 0 saturated carbocycles. The molecule has 1 aromatic carbocycles. The summed E-state index contributed by atoms with van der Waals surface area (Å²) in [4.78, 5) is 19.4. The van der Waals surface area contributed by atoms with Gasteiger partial charge in [0.2, 0.25) is 5.95 Å². The molecule has 6 nitrogen and oxygen atoms in total. The van der Waals surface area contributed by atoms with Gasteiger partial charge in [-0.25, -0.2) is 15.0 Å². The molecule has 0 saturated heterocycles. The van der Waals surface area contributed by atoms with Crippen LogP contribution >= 0.6 is 22.9 Å². The van der Waals surface area contributed by atoms with E-state index < -0.39 is 0 Å². The van der Waals surface area contributed by atoms with Crippen LogP contribution in [0, 0.1) is 6.92 Å². The van der Waals surface area contributed by atoms with Crippen molar-refractivity contribution in [2.45, 2.75) is 33.4 Å². The van der Waals surface area contributed by atoms with Crippen molar-refractivity contribution in [3.63, 3.8) is 0 Å². The molecule has 0 bridgehead atoms. The number of thiazole rings is 1. The quantitative estimate of drug-likeness (QED) is 0.356. The summed E-state index contributed by atoms with van der Waals surface area (Å²) in [6.07, 6.45) is 1.83. The van der Waals surface area contributed by atoms with Gasteiger partial charge in [0, 0.05) is 28.5 Å². The van der Waals surface area contributed by atoms with Gasteiger partial charge >= 0.3 is 0 Å². The van der Waals surface area contributed by atoms with Gasteiger partial charge in [-0.15, -0.1) is 0 Å². The van der Waals surface area contributed by atoms with Crippen molar-refractivity contribution in [1.29, 1.82) is 0 Å². The molecular weight excluding hydrogens is 428 g/mol. The van der Waals surface area contributed by atoms with Crippen LogP contribution in [0.5, 0.6) is 0 Å². The van der Waals surface area contributed by atoms with E-state index in [1.165, 1.54) is 0 Å². The Bertz CT molecular complexity index is 1190. The van der Waals surface area contributed by atoms with Gasteiger partial charge < -0.3 is 10.6 Å². The molecule has 8 heteroatoms. The van der Waals surface area contributed by atoms with E-state index in [-0.39, 0.29) is 0 Å². The number of hydrogen-bond donors (Lipinski definition) is 2. The second kappa shape index (κ2) is 9.41. The van der Waals surface area contributed by atoms with Crippen LogP contribution in [0.4, 0.5) is 11.1 Å². The van der Waals surface area contributed by atoms with Crippen molar-refractivity contribution in [2.24, 2.45) is 0 Å². The van der Waals surface area contributed by atoms with E-state index in [9.17, 15) is 0 Å². The molecule has 3 aromatic heterocycles. The number of aryl methyl sites for hydroxylation is 1. The molecule has 0 aliphatic heterocycles. The first kappa shape index (κ1) is 21.2. The maximum atomic E-state index is 6.45. The molecule has 3 heterocycles. The summed E-state index contributed by atoms with van der Waals surface area (Å²) in [7, 11) is 0. The number of anilines is 2. The van der Waals surface area contributed by atoms with E-state index in [1.807, 2.05) is 61.7 Å². The number of hydrogen-bond acceptors (Lipinski definition) is 7. The highest BCUT2D eigenvalue weighted by Crippen LogP contribution is 2.33. The zero-order valence-corrected chi connectivity index (χ0v) is 19.1. The lowest BCUT2D eigenvalue weighted by molar-refractivity contribution is 0.896. The Morgan fingerprint density at radius 1 is 1.00 bits per heavy atom. The third-order valence-corrected chi connectivity index (χ3v) is 5.70. The second-order valence-electron chi connectivity index (χ2n) is 7.39. The summed E-state index contributed by atoms with van der Waals surface area (Å²) >= 11 is 8.01. The van der Waals surface area contributed by atoms with Crippen molar-refractivity contribution in [1.82, 2.24) is 19.9 Å². The Labute approximate surface area is 190 Å². The Kier molecular flexibility index (Phi) is 6.44. The second-order valence-corrected chi connectivity index (χ2v) is 8.83. The molecule has 2 N–H and O–H groups in total. The van der Waals surface area contributed by atoms with Crippen molar-refractivity contribution in [3.8, 4) is 21.8 Å². The molecular formula is C23H23ClN6S. The lowest BCUT2D eigenvalue weighted by Gasteiger charge is -2.10. The van der Waals surface area contributed by atoms with Crippen LogP contribution in [-0.2, 0) is 6.54 Å². The molecule has 0 aliphatic carbocycles. The minimum absolute atomic E-state index is 0.308. The largest absolute Gasteiger partial charge is 0.359 e. The van der Waals surface area contributed by atoms with Gasteiger partial charge in [-0.05, 0) is 45.0 Å². The molecule has 0 radical (unpaired) electrons. The number of halogens is 1. The van der Waals surface area contributed by atoms with Crippen LogP contribution in [0.15, 0.2) is 54.7 Å². The van der Waals surface area contributed by atoms with Crippen LogP contribution in [-0.4, -0.2) is 26.0 Å². The molecule has 31 heavy (non-hydrogen) atoms. The van der Waals surface area contributed by atoms with E-state index in [0.29, 0.717) is 23.6 Å². The van der Waals surface area contributed by atoms with Crippen LogP contribution in [0.3, 0.4) is 0 Å². The molecule has 0 atom stereocenters. The normalized spacial score (nSPS) is 11.0. The number of pyridine rings is 1. The smallest absolute Gasteiger partial charge is 0.224 e. The molecule has 0 spiro atoms. The Morgan fingerprint density at radius 2 is 1.81 bits per heavy atom. The highest BCUT2D eigenvalue weighted by Gasteiger charge is 2.13. The average molecular weight is 451 g/mol. The molecule has 4 aromatic rings. The number of nitrogens with zero attached hydrogens (tertiary/aromatic N) is 4. The third kappa shape index (κ3) is 5.37. The first-order valence-corrected chi connectivity index (χ1v) is 11.2. The van der Waals surface area contributed by atoms with Crippen LogP contribution in [0.2, 0.25) is 5.02 Å². The molecule has 0 aliphatic rings. The fourth-order valence-corrected chi connectivity index (χ4v) is 4.19. The highest BCUT2D eigenvalue weighted by atomic mass is 35.5. The summed E-state index contributed by atoms with van der Waals surface area (Å²) in [6, 6.07) is 15.9. The molecule has 0 fully saturated rings. The summed E-state index contributed by atoms with van der Waals surface area (Å²) in [6.45, 7) is 6.67. The molecule has 0 unspecified atom stereocenters. The monoisotopic (exact) mass is 450 g/mol. The summed E-state index contributed by atoms with van der Waals surface area (Å²) in [5.41, 5.74) is 4.30. The number of aromatic nitrogens is 4. The van der Waals surface area contributed by atoms with Gasteiger partial charge in [-0.2, -0.15) is 0 Å². The highest BCUT2D eigenvalue weighted by molar-refractivity contribution is 7.18.